The lowest BCUT2D eigenvalue weighted by Crippen LogP contribution is -2.21. The van der Waals surface area contributed by atoms with E-state index < -0.39 is 0 Å². The first kappa shape index (κ1) is 12.6. The molecule has 3 heteroatoms. The highest BCUT2D eigenvalue weighted by Gasteiger charge is 1.98. The molecule has 2 aromatic rings. The van der Waals surface area contributed by atoms with Gasteiger partial charge in [0, 0.05) is 24.8 Å². The first-order chi connectivity index (χ1) is 8.75. The van der Waals surface area contributed by atoms with Crippen molar-refractivity contribution in [2.24, 2.45) is 0 Å². The van der Waals surface area contributed by atoms with E-state index in [-0.39, 0.29) is 0 Å². The average molecular weight is 241 g/mol. The first-order valence-corrected chi connectivity index (χ1v) is 6.16. The molecule has 94 valence electrons. The van der Waals surface area contributed by atoms with Gasteiger partial charge >= 0.3 is 0 Å². The number of rotatable bonds is 5. The summed E-state index contributed by atoms with van der Waals surface area (Å²) in [5, 5.41) is 3.30. The monoisotopic (exact) mass is 241 g/mol. The first-order valence-electron chi connectivity index (χ1n) is 6.16. The molecule has 0 aliphatic rings. The third kappa shape index (κ3) is 3.57. The Balaban J connectivity index is 1.98. The highest BCUT2D eigenvalue weighted by Crippen LogP contribution is 2.18. The van der Waals surface area contributed by atoms with E-state index in [4.69, 9.17) is 0 Å². The molecule has 0 saturated carbocycles. The zero-order valence-corrected chi connectivity index (χ0v) is 10.9. The Hall–Kier alpha value is -1.87. The van der Waals surface area contributed by atoms with Crippen molar-refractivity contribution in [2.75, 3.05) is 32.5 Å². The summed E-state index contributed by atoms with van der Waals surface area (Å²) < 4.78 is 0. The molecule has 0 bridgehead atoms. The topological polar surface area (TPSA) is 28.2 Å². The van der Waals surface area contributed by atoms with Gasteiger partial charge < -0.3 is 10.2 Å². The van der Waals surface area contributed by atoms with Crippen LogP contribution < -0.4 is 5.32 Å². The van der Waals surface area contributed by atoms with Crippen molar-refractivity contribution in [1.29, 1.82) is 0 Å². The molecule has 0 aliphatic carbocycles. The van der Waals surface area contributed by atoms with Crippen molar-refractivity contribution in [3.05, 3.63) is 48.7 Å². The van der Waals surface area contributed by atoms with Gasteiger partial charge in [-0.3, -0.25) is 0 Å². The summed E-state index contributed by atoms with van der Waals surface area (Å²) in [7, 11) is 4.13. The maximum absolute atomic E-state index is 4.42. The number of nitrogens with zero attached hydrogens (tertiary/aromatic N) is 2. The quantitative estimate of drug-likeness (QED) is 0.872. The van der Waals surface area contributed by atoms with Crippen molar-refractivity contribution in [3.63, 3.8) is 0 Å². The molecule has 18 heavy (non-hydrogen) atoms. The van der Waals surface area contributed by atoms with E-state index in [1.165, 1.54) is 5.56 Å². The van der Waals surface area contributed by atoms with E-state index >= 15 is 0 Å². The van der Waals surface area contributed by atoms with Crippen LogP contribution in [0.2, 0.25) is 0 Å². The Bertz CT molecular complexity index is 463. The van der Waals surface area contributed by atoms with Crippen LogP contribution in [0, 0.1) is 0 Å². The lowest BCUT2D eigenvalue weighted by Gasteiger charge is -2.11. The lowest BCUT2D eigenvalue weighted by molar-refractivity contribution is 0.425. The molecule has 1 aromatic carbocycles. The molecule has 0 spiro atoms. The Kier molecular flexibility index (Phi) is 4.31. The highest BCUT2D eigenvalue weighted by atomic mass is 15.1. The van der Waals surface area contributed by atoms with Crippen molar-refractivity contribution in [2.45, 2.75) is 0 Å². The largest absolute Gasteiger partial charge is 0.369 e. The third-order valence-electron chi connectivity index (χ3n) is 2.74. The van der Waals surface area contributed by atoms with Gasteiger partial charge in [-0.15, -0.1) is 0 Å². The van der Waals surface area contributed by atoms with Crippen LogP contribution in [0.4, 0.5) is 5.82 Å². The number of aromatic nitrogens is 1. The van der Waals surface area contributed by atoms with Crippen molar-refractivity contribution in [3.8, 4) is 11.1 Å². The number of likely N-dealkylation sites (N-methyl/N-ethyl adjacent to an activating group) is 1. The predicted octanol–water partition coefficient (Wildman–Crippen LogP) is 2.72. The van der Waals surface area contributed by atoms with Gasteiger partial charge in [0.2, 0.25) is 0 Å². The van der Waals surface area contributed by atoms with Crippen LogP contribution in [0.5, 0.6) is 0 Å². The summed E-state index contributed by atoms with van der Waals surface area (Å²) >= 11 is 0. The van der Waals surface area contributed by atoms with Crippen LogP contribution in [0.15, 0.2) is 48.7 Å². The predicted molar refractivity (Wildman–Crippen MR) is 76.7 cm³/mol. The molecule has 0 unspecified atom stereocenters. The van der Waals surface area contributed by atoms with Crippen LogP contribution in [-0.2, 0) is 0 Å². The fourth-order valence-corrected chi connectivity index (χ4v) is 1.71. The van der Waals surface area contributed by atoms with Gasteiger partial charge in [-0.05, 0) is 31.8 Å². The lowest BCUT2D eigenvalue weighted by atomic mass is 10.1. The summed E-state index contributed by atoms with van der Waals surface area (Å²) in [6, 6.07) is 14.4. The second kappa shape index (κ2) is 6.17. The minimum atomic E-state index is 0.907. The molecule has 1 heterocycles. The van der Waals surface area contributed by atoms with Crippen LogP contribution >= 0.6 is 0 Å². The zero-order chi connectivity index (χ0) is 12.8. The second-order valence-corrected chi connectivity index (χ2v) is 4.53. The molecule has 0 fully saturated rings. The minimum Gasteiger partial charge on any atom is -0.369 e. The summed E-state index contributed by atoms with van der Waals surface area (Å²) in [5.41, 5.74) is 2.35. The van der Waals surface area contributed by atoms with E-state index in [1.54, 1.807) is 0 Å². The molecule has 1 aromatic heterocycles. The van der Waals surface area contributed by atoms with Crippen molar-refractivity contribution < 1.29 is 0 Å². The van der Waals surface area contributed by atoms with Crippen LogP contribution in [0.25, 0.3) is 11.1 Å². The number of anilines is 1. The maximum atomic E-state index is 4.42. The smallest absolute Gasteiger partial charge is 0.125 e. The molecule has 1 N–H and O–H groups in total. The fraction of sp³-hybridized carbons (Fsp3) is 0.267. The SMILES string of the molecule is CN(C)CCNc1ccc(-c2ccccc2)cn1. The van der Waals surface area contributed by atoms with Crippen molar-refractivity contribution in [1.82, 2.24) is 9.88 Å². The fourth-order valence-electron chi connectivity index (χ4n) is 1.71. The molecule has 3 nitrogen and oxygen atoms in total. The highest BCUT2D eigenvalue weighted by molar-refractivity contribution is 5.63. The summed E-state index contributed by atoms with van der Waals surface area (Å²) in [6.07, 6.45) is 1.91. The number of benzene rings is 1. The average Bonchev–Trinajstić information content (AvgIpc) is 2.40. The van der Waals surface area contributed by atoms with Gasteiger partial charge in [0.1, 0.15) is 5.82 Å². The van der Waals surface area contributed by atoms with Gasteiger partial charge in [0.15, 0.2) is 0 Å². The molecule has 0 atom stereocenters. The zero-order valence-electron chi connectivity index (χ0n) is 10.9. The van der Waals surface area contributed by atoms with Gasteiger partial charge in [-0.25, -0.2) is 4.98 Å². The van der Waals surface area contributed by atoms with Gasteiger partial charge in [0.05, 0.1) is 0 Å². The van der Waals surface area contributed by atoms with E-state index in [9.17, 15) is 0 Å². The van der Waals surface area contributed by atoms with E-state index in [1.807, 2.05) is 30.5 Å². The van der Waals surface area contributed by atoms with Crippen molar-refractivity contribution >= 4 is 5.82 Å². The van der Waals surface area contributed by atoms with Gasteiger partial charge in [-0.2, -0.15) is 0 Å². The van der Waals surface area contributed by atoms with Gasteiger partial charge in [-0.1, -0.05) is 30.3 Å². The van der Waals surface area contributed by atoms with E-state index in [2.05, 4.69) is 47.5 Å². The second-order valence-electron chi connectivity index (χ2n) is 4.53. The number of nitrogens with one attached hydrogen (secondary N) is 1. The Morgan fingerprint density at radius 2 is 1.78 bits per heavy atom. The molecule has 0 amide bonds. The molecule has 0 radical (unpaired) electrons. The third-order valence-corrected chi connectivity index (χ3v) is 2.74. The van der Waals surface area contributed by atoms with Crippen LogP contribution in [-0.4, -0.2) is 37.1 Å². The van der Waals surface area contributed by atoms with E-state index in [0.717, 1.165) is 24.5 Å². The molecule has 2 rings (SSSR count). The molecular formula is C15H19N3. The Morgan fingerprint density at radius 1 is 1.00 bits per heavy atom. The Labute approximate surface area is 108 Å². The molecule has 0 aliphatic heterocycles. The summed E-state index contributed by atoms with van der Waals surface area (Å²) in [5.74, 6) is 0.927. The van der Waals surface area contributed by atoms with Crippen LogP contribution in [0.3, 0.4) is 0 Å². The van der Waals surface area contributed by atoms with E-state index in [0.29, 0.717) is 0 Å². The summed E-state index contributed by atoms with van der Waals surface area (Å²) in [6.45, 7) is 1.91. The number of pyridine rings is 1. The Morgan fingerprint density at radius 3 is 2.39 bits per heavy atom. The van der Waals surface area contributed by atoms with Crippen LogP contribution in [0.1, 0.15) is 0 Å². The summed E-state index contributed by atoms with van der Waals surface area (Å²) in [4.78, 5) is 6.57. The number of hydrogen-bond acceptors (Lipinski definition) is 3. The molecular weight excluding hydrogens is 222 g/mol. The molecule has 0 saturated heterocycles. The number of hydrogen-bond donors (Lipinski definition) is 1. The maximum Gasteiger partial charge on any atom is 0.125 e. The minimum absolute atomic E-state index is 0.907. The normalized spacial score (nSPS) is 10.6. The van der Waals surface area contributed by atoms with Gasteiger partial charge in [0.25, 0.3) is 0 Å². The standard InChI is InChI=1S/C15H19N3/c1-18(2)11-10-16-15-9-8-14(12-17-15)13-6-4-3-5-7-13/h3-9,12H,10-11H2,1-2H3,(H,16,17).